The van der Waals surface area contributed by atoms with Gasteiger partial charge in [-0.05, 0) is 36.4 Å². The summed E-state index contributed by atoms with van der Waals surface area (Å²) in [5.41, 5.74) is 5.42. The molecule has 2 aromatic carbocycles. The number of rotatable bonds is 4. The molecule has 0 bridgehead atoms. The normalized spacial score (nSPS) is 15.3. The smallest absolute Gasteiger partial charge is 0.253 e. The molecule has 1 saturated heterocycles. The second-order valence-corrected chi connectivity index (χ2v) is 8.67. The highest BCUT2D eigenvalue weighted by atomic mass is 16.7. The average Bonchev–Trinajstić information content (AvgIpc) is 3.55. The van der Waals surface area contributed by atoms with Crippen molar-refractivity contribution in [2.75, 3.05) is 39.5 Å². The van der Waals surface area contributed by atoms with Crippen LogP contribution in [-0.4, -0.2) is 65.2 Å². The maximum atomic E-state index is 13.2. The molecule has 1 amide bonds. The molecule has 2 aliphatic rings. The van der Waals surface area contributed by atoms with Crippen LogP contribution in [-0.2, 0) is 0 Å². The first-order valence-electron chi connectivity index (χ1n) is 11.7. The highest BCUT2D eigenvalue weighted by Gasteiger charge is 2.23. The van der Waals surface area contributed by atoms with Gasteiger partial charge in [0, 0.05) is 66.2 Å². The van der Waals surface area contributed by atoms with E-state index in [1.807, 2.05) is 59.8 Å². The number of pyridine rings is 1. The topological polar surface area (TPSA) is 70.7 Å². The van der Waals surface area contributed by atoms with E-state index < -0.39 is 0 Å². The van der Waals surface area contributed by atoms with Gasteiger partial charge in [-0.15, -0.1) is 0 Å². The minimum Gasteiger partial charge on any atom is -0.454 e. The lowest BCUT2D eigenvalue weighted by Crippen LogP contribution is -2.48. The van der Waals surface area contributed by atoms with E-state index in [0.717, 1.165) is 77.5 Å². The van der Waals surface area contributed by atoms with E-state index in [4.69, 9.17) is 9.47 Å². The Morgan fingerprint density at radius 3 is 2.66 bits per heavy atom. The molecule has 35 heavy (non-hydrogen) atoms. The zero-order valence-electron chi connectivity index (χ0n) is 19.1. The first kappa shape index (κ1) is 22.9. The van der Waals surface area contributed by atoms with Gasteiger partial charge in [0.15, 0.2) is 11.5 Å². The molecule has 1 N–H and O–H groups in total. The number of carbonyl (C=O) groups excluding carboxylic acids is 1. The van der Waals surface area contributed by atoms with Crippen LogP contribution >= 0.6 is 0 Å². The van der Waals surface area contributed by atoms with Crippen molar-refractivity contribution >= 4 is 16.9 Å². The van der Waals surface area contributed by atoms with Crippen molar-refractivity contribution < 1.29 is 14.3 Å². The lowest BCUT2D eigenvalue weighted by Gasteiger charge is -2.34. The van der Waals surface area contributed by atoms with Crippen molar-refractivity contribution in [3.8, 4) is 33.8 Å². The number of likely N-dealkylation sites (N-methyl/N-ethyl adjacent to an activating group) is 1. The number of aromatic nitrogens is 2. The Kier molecular flexibility index (Phi) is 6.17. The van der Waals surface area contributed by atoms with E-state index >= 15 is 0 Å². The lowest BCUT2D eigenvalue weighted by atomic mass is 10.00. The number of hydrogen-bond acceptors (Lipinski definition) is 5. The van der Waals surface area contributed by atoms with Crippen molar-refractivity contribution in [3.05, 3.63) is 66.5 Å². The minimum atomic E-state index is 0. The van der Waals surface area contributed by atoms with Crippen molar-refractivity contribution in [2.24, 2.45) is 0 Å². The Morgan fingerprint density at radius 1 is 1.00 bits per heavy atom. The third kappa shape index (κ3) is 4.12. The summed E-state index contributed by atoms with van der Waals surface area (Å²) in [6.07, 6.45) is 3.80. The van der Waals surface area contributed by atoms with Gasteiger partial charge in [-0.2, -0.15) is 0 Å². The molecule has 0 radical (unpaired) electrons. The summed E-state index contributed by atoms with van der Waals surface area (Å²) in [7, 11) is 0. The van der Waals surface area contributed by atoms with E-state index in [9.17, 15) is 4.79 Å². The monoisotopic (exact) mass is 470 g/mol. The number of fused-ring (bicyclic) bond motifs is 2. The fourth-order valence-electron chi connectivity index (χ4n) is 4.81. The number of amides is 1. The van der Waals surface area contributed by atoms with Crippen LogP contribution in [0.1, 0.15) is 24.7 Å². The van der Waals surface area contributed by atoms with E-state index in [1.54, 1.807) is 0 Å². The Balaban J connectivity index is 0.00000253. The predicted octanol–water partition coefficient (Wildman–Crippen LogP) is 5.04. The van der Waals surface area contributed by atoms with Crippen molar-refractivity contribution in [2.45, 2.75) is 14.4 Å². The molecule has 1 fully saturated rings. The third-order valence-electron chi connectivity index (χ3n) is 6.77. The summed E-state index contributed by atoms with van der Waals surface area (Å²) in [4.78, 5) is 25.4. The number of benzene rings is 2. The fourth-order valence-corrected chi connectivity index (χ4v) is 4.81. The molecule has 4 heterocycles. The molecule has 2 aromatic heterocycles. The van der Waals surface area contributed by atoms with Crippen molar-refractivity contribution in [3.63, 3.8) is 0 Å². The second kappa shape index (κ2) is 9.43. The standard InChI is InChI=1S/C27H26N4O3.CH4/c1-2-30-9-11-31(12-10-30)27(32)19-6-3-5-18(13-19)20-14-22-23(16-29-26(22)28-15-20)21-7-4-8-24-25(21)34-17-33-24;/h3-8,13-16H,2,9-12,17H2,1H3,(H,28,29);1H4. The Bertz CT molecular complexity index is 1370. The number of piperazine rings is 1. The Hall–Kier alpha value is -3.84. The predicted molar refractivity (Wildman–Crippen MR) is 138 cm³/mol. The van der Waals surface area contributed by atoms with Crippen LogP contribution in [0.5, 0.6) is 11.5 Å². The van der Waals surface area contributed by atoms with Gasteiger partial charge in [0.25, 0.3) is 5.91 Å². The first-order valence-corrected chi connectivity index (χ1v) is 11.7. The zero-order valence-corrected chi connectivity index (χ0v) is 19.1. The summed E-state index contributed by atoms with van der Waals surface area (Å²) < 4.78 is 11.3. The van der Waals surface area contributed by atoms with Gasteiger partial charge in [0.1, 0.15) is 5.65 Å². The molecule has 6 rings (SSSR count). The van der Waals surface area contributed by atoms with E-state index in [1.165, 1.54) is 0 Å². The lowest BCUT2D eigenvalue weighted by molar-refractivity contribution is 0.0643. The van der Waals surface area contributed by atoms with E-state index in [2.05, 4.69) is 27.9 Å². The molecular formula is C28H30N4O3. The van der Waals surface area contributed by atoms with Crippen LogP contribution in [0.3, 0.4) is 0 Å². The summed E-state index contributed by atoms with van der Waals surface area (Å²) >= 11 is 0. The third-order valence-corrected chi connectivity index (χ3v) is 6.77. The quantitative estimate of drug-likeness (QED) is 0.453. The van der Waals surface area contributed by atoms with Crippen LogP contribution in [0, 0.1) is 0 Å². The molecular weight excluding hydrogens is 440 g/mol. The summed E-state index contributed by atoms with van der Waals surface area (Å²) in [5, 5.41) is 0.994. The molecule has 7 nitrogen and oxygen atoms in total. The van der Waals surface area contributed by atoms with E-state index in [0.29, 0.717) is 5.56 Å². The van der Waals surface area contributed by atoms with Crippen LogP contribution in [0.25, 0.3) is 33.3 Å². The molecule has 0 aliphatic carbocycles. The summed E-state index contributed by atoms with van der Waals surface area (Å²) in [5.74, 6) is 1.59. The highest BCUT2D eigenvalue weighted by Crippen LogP contribution is 2.43. The second-order valence-electron chi connectivity index (χ2n) is 8.67. The molecule has 0 unspecified atom stereocenters. The van der Waals surface area contributed by atoms with Gasteiger partial charge >= 0.3 is 0 Å². The largest absolute Gasteiger partial charge is 0.454 e. The number of carbonyl (C=O) groups is 1. The number of aromatic amines is 1. The minimum absolute atomic E-state index is 0. The Labute approximate surface area is 205 Å². The fraction of sp³-hybridized carbons (Fsp3) is 0.286. The number of hydrogen-bond donors (Lipinski definition) is 1. The van der Waals surface area contributed by atoms with Gasteiger partial charge in [0.2, 0.25) is 6.79 Å². The number of H-pyrrole nitrogens is 1. The van der Waals surface area contributed by atoms with Crippen LogP contribution in [0.2, 0.25) is 0 Å². The SMILES string of the molecule is C.CCN1CCN(C(=O)c2cccc(-c3cnc4[nH]cc(-c5cccc6c5OCO6)c4c3)c2)CC1. The van der Waals surface area contributed by atoms with Crippen LogP contribution < -0.4 is 9.47 Å². The summed E-state index contributed by atoms with van der Waals surface area (Å²) in [6.45, 7) is 6.81. The number of para-hydroxylation sites is 1. The highest BCUT2D eigenvalue weighted by molar-refractivity contribution is 5.99. The van der Waals surface area contributed by atoms with Gasteiger partial charge < -0.3 is 24.3 Å². The van der Waals surface area contributed by atoms with Gasteiger partial charge in [-0.1, -0.05) is 38.6 Å². The Morgan fingerprint density at radius 2 is 1.83 bits per heavy atom. The zero-order chi connectivity index (χ0) is 23.1. The average molecular weight is 471 g/mol. The number of nitrogens with one attached hydrogen (secondary N) is 1. The molecule has 0 saturated carbocycles. The van der Waals surface area contributed by atoms with Crippen LogP contribution in [0.4, 0.5) is 0 Å². The molecule has 0 atom stereocenters. The van der Waals surface area contributed by atoms with Gasteiger partial charge in [-0.25, -0.2) is 4.98 Å². The molecule has 2 aliphatic heterocycles. The van der Waals surface area contributed by atoms with E-state index in [-0.39, 0.29) is 20.1 Å². The molecule has 7 heteroatoms. The van der Waals surface area contributed by atoms with Crippen molar-refractivity contribution in [1.82, 2.24) is 19.8 Å². The molecule has 180 valence electrons. The maximum absolute atomic E-state index is 13.2. The first-order chi connectivity index (χ1) is 16.7. The van der Waals surface area contributed by atoms with Gasteiger partial charge in [-0.3, -0.25) is 4.79 Å². The molecule has 4 aromatic rings. The number of nitrogens with zero attached hydrogens (tertiary/aromatic N) is 3. The van der Waals surface area contributed by atoms with Crippen molar-refractivity contribution in [1.29, 1.82) is 0 Å². The number of ether oxygens (including phenoxy) is 2. The van der Waals surface area contributed by atoms with Crippen LogP contribution in [0.15, 0.2) is 60.9 Å². The van der Waals surface area contributed by atoms with Gasteiger partial charge in [0.05, 0.1) is 0 Å². The molecule has 0 spiro atoms. The summed E-state index contributed by atoms with van der Waals surface area (Å²) in [6, 6.07) is 15.9. The maximum Gasteiger partial charge on any atom is 0.253 e.